The Labute approximate surface area is 189 Å². The highest BCUT2D eigenvalue weighted by Gasteiger charge is 2.08. The summed E-state index contributed by atoms with van der Waals surface area (Å²) in [7, 11) is 1.70. The van der Waals surface area contributed by atoms with Crippen LogP contribution in [0.15, 0.2) is 35.6 Å². The van der Waals surface area contributed by atoms with Crippen LogP contribution in [0.3, 0.4) is 0 Å². The van der Waals surface area contributed by atoms with Gasteiger partial charge in [-0.05, 0) is 31.0 Å². The van der Waals surface area contributed by atoms with Gasteiger partial charge >= 0.3 is 0 Å². The van der Waals surface area contributed by atoms with Crippen LogP contribution in [0, 0.1) is 0 Å². The van der Waals surface area contributed by atoms with Crippen molar-refractivity contribution in [1.82, 2.24) is 25.4 Å². The lowest BCUT2D eigenvalue weighted by Gasteiger charge is -2.19. The van der Waals surface area contributed by atoms with Crippen molar-refractivity contribution in [3.05, 3.63) is 47.0 Å². The zero-order valence-electron chi connectivity index (χ0n) is 16.7. The maximum Gasteiger partial charge on any atom is 0.191 e. The summed E-state index contributed by atoms with van der Waals surface area (Å²) in [4.78, 5) is 4.65. The molecule has 1 unspecified atom stereocenters. The standard InChI is InChI=1S/C19H29ClN6O.HI/c1-4-18-25-23-14-26(18)12-11-22-19(21-10-5-13-27-3)24-15(2)16-6-8-17(20)9-7-16;/h6-9,14-15H,4-5,10-13H2,1-3H3,(H2,21,22,24);1H. The van der Waals surface area contributed by atoms with Crippen molar-refractivity contribution in [2.24, 2.45) is 4.99 Å². The van der Waals surface area contributed by atoms with E-state index in [-0.39, 0.29) is 30.0 Å². The van der Waals surface area contributed by atoms with E-state index in [1.807, 2.05) is 24.3 Å². The van der Waals surface area contributed by atoms with Gasteiger partial charge in [-0.15, -0.1) is 34.2 Å². The van der Waals surface area contributed by atoms with E-state index in [0.29, 0.717) is 13.2 Å². The molecular formula is C19H30ClIN6O. The van der Waals surface area contributed by atoms with Crippen molar-refractivity contribution < 1.29 is 4.74 Å². The number of aromatic nitrogens is 3. The molecule has 2 aromatic rings. The number of aryl methyl sites for hydroxylation is 1. The van der Waals surface area contributed by atoms with Crippen LogP contribution in [-0.4, -0.2) is 47.5 Å². The van der Waals surface area contributed by atoms with Crippen LogP contribution in [0.5, 0.6) is 0 Å². The molecule has 7 nitrogen and oxygen atoms in total. The van der Waals surface area contributed by atoms with Gasteiger partial charge in [-0.25, -0.2) is 0 Å². The summed E-state index contributed by atoms with van der Waals surface area (Å²) in [6.45, 7) is 7.09. The number of guanidine groups is 1. The fraction of sp³-hybridized carbons (Fsp3) is 0.526. The van der Waals surface area contributed by atoms with Crippen LogP contribution in [-0.2, 0) is 17.7 Å². The minimum atomic E-state index is 0. The minimum absolute atomic E-state index is 0. The van der Waals surface area contributed by atoms with Crippen LogP contribution < -0.4 is 10.6 Å². The first kappa shape index (κ1) is 24.6. The van der Waals surface area contributed by atoms with Crippen molar-refractivity contribution in [2.45, 2.75) is 39.3 Å². The van der Waals surface area contributed by atoms with Crippen molar-refractivity contribution in [3.8, 4) is 0 Å². The first-order chi connectivity index (χ1) is 13.1. The van der Waals surface area contributed by atoms with Crippen molar-refractivity contribution >= 4 is 41.5 Å². The third-order valence-corrected chi connectivity index (χ3v) is 4.41. The number of benzene rings is 1. The second kappa shape index (κ2) is 13.7. The van der Waals surface area contributed by atoms with Crippen molar-refractivity contribution in [2.75, 3.05) is 26.8 Å². The molecular weight excluding hydrogens is 491 g/mol. The summed E-state index contributed by atoms with van der Waals surface area (Å²) in [6, 6.07) is 7.95. The van der Waals surface area contributed by atoms with Gasteiger partial charge in [0.1, 0.15) is 12.2 Å². The van der Waals surface area contributed by atoms with Gasteiger partial charge in [0.2, 0.25) is 0 Å². The van der Waals surface area contributed by atoms with E-state index in [2.05, 4.69) is 44.2 Å². The second-order valence-electron chi connectivity index (χ2n) is 6.22. The van der Waals surface area contributed by atoms with Gasteiger partial charge in [0.25, 0.3) is 0 Å². The lowest BCUT2D eigenvalue weighted by Crippen LogP contribution is -2.40. The van der Waals surface area contributed by atoms with Crippen LogP contribution in [0.1, 0.15) is 37.7 Å². The first-order valence-electron chi connectivity index (χ1n) is 9.30. The Morgan fingerprint density at radius 2 is 2.07 bits per heavy atom. The van der Waals surface area contributed by atoms with Gasteiger partial charge in [-0.3, -0.25) is 4.99 Å². The summed E-state index contributed by atoms with van der Waals surface area (Å²) in [5, 5.41) is 15.7. The zero-order chi connectivity index (χ0) is 19.5. The number of nitrogens with one attached hydrogen (secondary N) is 2. The molecule has 1 heterocycles. The number of hydrogen-bond acceptors (Lipinski definition) is 4. The largest absolute Gasteiger partial charge is 0.385 e. The Morgan fingerprint density at radius 3 is 2.75 bits per heavy atom. The molecule has 2 N–H and O–H groups in total. The number of rotatable bonds is 10. The molecule has 0 amide bonds. The molecule has 2 rings (SSSR count). The summed E-state index contributed by atoms with van der Waals surface area (Å²) >= 11 is 5.98. The molecule has 0 aliphatic rings. The number of aliphatic imine (C=N–C) groups is 1. The van der Waals surface area contributed by atoms with E-state index in [9.17, 15) is 0 Å². The molecule has 28 heavy (non-hydrogen) atoms. The molecule has 1 atom stereocenters. The topological polar surface area (TPSA) is 76.4 Å². The lowest BCUT2D eigenvalue weighted by molar-refractivity contribution is 0.197. The molecule has 0 bridgehead atoms. The average molecular weight is 521 g/mol. The van der Waals surface area contributed by atoms with Gasteiger partial charge in [0, 0.05) is 44.8 Å². The first-order valence-corrected chi connectivity index (χ1v) is 9.67. The van der Waals surface area contributed by atoms with Gasteiger partial charge in [-0.1, -0.05) is 30.7 Å². The van der Waals surface area contributed by atoms with E-state index in [1.165, 1.54) is 0 Å². The van der Waals surface area contributed by atoms with Crippen LogP contribution in [0.2, 0.25) is 5.02 Å². The second-order valence-corrected chi connectivity index (χ2v) is 6.65. The summed E-state index contributed by atoms with van der Waals surface area (Å²) < 4.78 is 7.15. The fourth-order valence-corrected chi connectivity index (χ4v) is 2.75. The highest BCUT2D eigenvalue weighted by molar-refractivity contribution is 14.0. The highest BCUT2D eigenvalue weighted by atomic mass is 127. The number of halogens is 2. The third kappa shape index (κ3) is 8.32. The molecule has 0 spiro atoms. The van der Waals surface area contributed by atoms with Crippen molar-refractivity contribution in [3.63, 3.8) is 0 Å². The molecule has 1 aromatic carbocycles. The van der Waals surface area contributed by atoms with E-state index in [0.717, 1.165) is 48.3 Å². The number of nitrogens with zero attached hydrogens (tertiary/aromatic N) is 4. The maximum atomic E-state index is 5.98. The summed E-state index contributed by atoms with van der Waals surface area (Å²) in [5.41, 5.74) is 1.15. The van der Waals surface area contributed by atoms with E-state index >= 15 is 0 Å². The fourth-order valence-electron chi connectivity index (χ4n) is 2.63. The Balaban J connectivity index is 0.00000392. The molecule has 0 fully saturated rings. The molecule has 9 heteroatoms. The van der Waals surface area contributed by atoms with Gasteiger partial charge in [-0.2, -0.15) is 0 Å². The molecule has 0 aliphatic heterocycles. The van der Waals surface area contributed by atoms with Crippen LogP contribution in [0.25, 0.3) is 0 Å². The zero-order valence-corrected chi connectivity index (χ0v) is 19.8. The normalized spacial score (nSPS) is 12.4. The monoisotopic (exact) mass is 520 g/mol. The SMILES string of the molecule is CCc1nncn1CCNC(=NCCCOC)NC(C)c1ccc(Cl)cc1.I. The van der Waals surface area contributed by atoms with Gasteiger partial charge < -0.3 is 19.9 Å². The Morgan fingerprint density at radius 1 is 1.32 bits per heavy atom. The van der Waals surface area contributed by atoms with Gasteiger partial charge in [0.15, 0.2) is 5.96 Å². The lowest BCUT2D eigenvalue weighted by atomic mass is 10.1. The predicted octanol–water partition coefficient (Wildman–Crippen LogP) is 3.44. The third-order valence-electron chi connectivity index (χ3n) is 4.16. The maximum absolute atomic E-state index is 5.98. The van der Waals surface area contributed by atoms with Crippen LogP contribution in [0.4, 0.5) is 0 Å². The minimum Gasteiger partial charge on any atom is -0.385 e. The van der Waals surface area contributed by atoms with Gasteiger partial charge in [0.05, 0.1) is 6.04 Å². The molecule has 156 valence electrons. The highest BCUT2D eigenvalue weighted by Crippen LogP contribution is 2.15. The number of methoxy groups -OCH3 is 1. The Hall–Kier alpha value is -1.39. The van der Waals surface area contributed by atoms with E-state index in [1.54, 1.807) is 13.4 Å². The summed E-state index contributed by atoms with van der Waals surface area (Å²) in [5.74, 6) is 1.76. The smallest absolute Gasteiger partial charge is 0.191 e. The molecule has 0 saturated heterocycles. The Bertz CT molecular complexity index is 707. The number of hydrogen-bond donors (Lipinski definition) is 2. The number of ether oxygens (including phenoxy) is 1. The predicted molar refractivity (Wildman–Crippen MR) is 125 cm³/mol. The Kier molecular flexibility index (Phi) is 12.1. The average Bonchev–Trinajstić information content (AvgIpc) is 3.13. The molecule has 0 aliphatic carbocycles. The summed E-state index contributed by atoms with van der Waals surface area (Å²) in [6.07, 6.45) is 3.51. The van der Waals surface area contributed by atoms with Crippen LogP contribution >= 0.6 is 35.6 Å². The van der Waals surface area contributed by atoms with E-state index in [4.69, 9.17) is 16.3 Å². The molecule has 0 saturated carbocycles. The van der Waals surface area contributed by atoms with Crippen molar-refractivity contribution in [1.29, 1.82) is 0 Å². The van der Waals surface area contributed by atoms with E-state index < -0.39 is 0 Å². The molecule has 0 radical (unpaired) electrons. The molecule has 1 aromatic heterocycles. The quantitative estimate of drug-likeness (QED) is 0.217.